The van der Waals surface area contributed by atoms with Crippen LogP contribution in [-0.4, -0.2) is 17.6 Å². The molecule has 0 fully saturated rings. The van der Waals surface area contributed by atoms with Gasteiger partial charge in [0.2, 0.25) is 0 Å². The van der Waals surface area contributed by atoms with E-state index in [1.807, 2.05) is 30.3 Å². The van der Waals surface area contributed by atoms with Crippen LogP contribution in [0.25, 0.3) is 0 Å². The molecule has 0 bridgehead atoms. The molecular weight excluding hydrogens is 301 g/mol. The summed E-state index contributed by atoms with van der Waals surface area (Å²) in [4.78, 5) is 6.16. The summed E-state index contributed by atoms with van der Waals surface area (Å²) in [5, 5.41) is 0. The molecule has 0 aliphatic rings. The van der Waals surface area contributed by atoms with E-state index in [-0.39, 0.29) is 11.9 Å². The lowest BCUT2D eigenvalue weighted by Crippen LogP contribution is -2.36. The van der Waals surface area contributed by atoms with E-state index in [0.717, 1.165) is 17.8 Å². The van der Waals surface area contributed by atoms with Gasteiger partial charge in [0, 0.05) is 36.4 Å². The molecule has 122 valence electrons. The molecule has 0 aliphatic carbocycles. The molecule has 3 rings (SSSR count). The molecule has 0 amide bonds. The molecule has 2 aromatic carbocycles. The first-order valence-corrected chi connectivity index (χ1v) is 7.95. The molecule has 0 aliphatic heterocycles. The van der Waals surface area contributed by atoms with Gasteiger partial charge in [-0.15, -0.1) is 0 Å². The molecule has 3 nitrogen and oxygen atoms in total. The molecule has 3 aromatic rings. The number of anilines is 2. The first-order valence-electron chi connectivity index (χ1n) is 7.95. The Morgan fingerprint density at radius 3 is 2.17 bits per heavy atom. The molecular formula is C20H20FN3. The van der Waals surface area contributed by atoms with E-state index >= 15 is 0 Å². The number of pyridine rings is 1. The van der Waals surface area contributed by atoms with Crippen molar-refractivity contribution in [1.82, 2.24) is 4.98 Å². The van der Waals surface area contributed by atoms with Crippen molar-refractivity contribution in [3.8, 4) is 0 Å². The predicted molar refractivity (Wildman–Crippen MR) is 95.8 cm³/mol. The van der Waals surface area contributed by atoms with E-state index < -0.39 is 0 Å². The number of rotatable bonds is 6. The SMILES string of the molecule is NC(Cc1ccccc1)CN(c1ccncc1)c1ccc(F)cc1. The standard InChI is InChI=1S/C20H20FN3/c21-17-6-8-19(9-7-17)24(20-10-12-23-13-11-20)15-18(22)14-16-4-2-1-3-5-16/h1-13,18H,14-15,22H2. The van der Waals surface area contributed by atoms with Crippen LogP contribution in [0.5, 0.6) is 0 Å². The van der Waals surface area contributed by atoms with Crippen LogP contribution in [0.4, 0.5) is 15.8 Å². The second-order valence-corrected chi connectivity index (χ2v) is 5.74. The lowest BCUT2D eigenvalue weighted by Gasteiger charge is -2.28. The van der Waals surface area contributed by atoms with Crippen LogP contribution in [0.1, 0.15) is 5.56 Å². The van der Waals surface area contributed by atoms with E-state index in [1.54, 1.807) is 24.5 Å². The van der Waals surface area contributed by atoms with Crippen LogP contribution in [-0.2, 0) is 6.42 Å². The van der Waals surface area contributed by atoms with Crippen molar-refractivity contribution >= 4 is 11.4 Å². The highest BCUT2D eigenvalue weighted by Crippen LogP contribution is 2.25. The van der Waals surface area contributed by atoms with Gasteiger partial charge in [0.15, 0.2) is 0 Å². The molecule has 0 saturated heterocycles. The summed E-state index contributed by atoms with van der Waals surface area (Å²) >= 11 is 0. The molecule has 0 radical (unpaired) electrons. The first-order chi connectivity index (χ1) is 11.7. The van der Waals surface area contributed by atoms with Crippen molar-refractivity contribution in [2.75, 3.05) is 11.4 Å². The van der Waals surface area contributed by atoms with Crippen LogP contribution in [0.2, 0.25) is 0 Å². The molecule has 4 heteroatoms. The van der Waals surface area contributed by atoms with Crippen molar-refractivity contribution in [3.63, 3.8) is 0 Å². The van der Waals surface area contributed by atoms with Crippen LogP contribution in [0.15, 0.2) is 79.1 Å². The molecule has 1 aromatic heterocycles. The Bertz CT molecular complexity index is 745. The van der Waals surface area contributed by atoms with Crippen molar-refractivity contribution in [2.24, 2.45) is 5.73 Å². The monoisotopic (exact) mass is 321 g/mol. The Morgan fingerprint density at radius 1 is 0.875 bits per heavy atom. The molecule has 2 N–H and O–H groups in total. The number of aromatic nitrogens is 1. The zero-order valence-electron chi connectivity index (χ0n) is 13.3. The van der Waals surface area contributed by atoms with Crippen LogP contribution in [0, 0.1) is 5.82 Å². The lowest BCUT2D eigenvalue weighted by molar-refractivity contribution is 0.627. The lowest BCUT2D eigenvalue weighted by atomic mass is 10.1. The topological polar surface area (TPSA) is 42.1 Å². The summed E-state index contributed by atoms with van der Waals surface area (Å²) in [6.07, 6.45) is 4.27. The highest BCUT2D eigenvalue weighted by molar-refractivity contribution is 5.62. The van der Waals surface area contributed by atoms with Gasteiger partial charge >= 0.3 is 0 Å². The summed E-state index contributed by atoms with van der Waals surface area (Å²) in [7, 11) is 0. The van der Waals surface area contributed by atoms with E-state index in [1.165, 1.54) is 17.7 Å². The number of nitrogens with zero attached hydrogens (tertiary/aromatic N) is 2. The second-order valence-electron chi connectivity index (χ2n) is 5.74. The van der Waals surface area contributed by atoms with E-state index in [9.17, 15) is 4.39 Å². The Labute approximate surface area is 141 Å². The van der Waals surface area contributed by atoms with Gasteiger partial charge in [0.05, 0.1) is 0 Å². The maximum absolute atomic E-state index is 13.2. The van der Waals surface area contributed by atoms with Gasteiger partial charge in [-0.25, -0.2) is 4.39 Å². The van der Waals surface area contributed by atoms with Crippen LogP contribution < -0.4 is 10.6 Å². The van der Waals surface area contributed by atoms with Crippen molar-refractivity contribution < 1.29 is 4.39 Å². The second kappa shape index (κ2) is 7.70. The molecule has 0 saturated carbocycles. The number of nitrogens with two attached hydrogens (primary N) is 1. The summed E-state index contributed by atoms with van der Waals surface area (Å²) in [5.74, 6) is -0.248. The van der Waals surface area contributed by atoms with Gasteiger partial charge in [-0.2, -0.15) is 0 Å². The fourth-order valence-corrected chi connectivity index (χ4v) is 2.72. The van der Waals surface area contributed by atoms with Gasteiger partial charge < -0.3 is 10.6 Å². The smallest absolute Gasteiger partial charge is 0.123 e. The summed E-state index contributed by atoms with van der Waals surface area (Å²) in [6, 6.07) is 20.5. The Hall–Kier alpha value is -2.72. The van der Waals surface area contributed by atoms with Gasteiger partial charge in [0.1, 0.15) is 5.82 Å². The van der Waals surface area contributed by atoms with Gasteiger partial charge in [0.25, 0.3) is 0 Å². The maximum Gasteiger partial charge on any atom is 0.123 e. The third-order valence-corrected chi connectivity index (χ3v) is 3.87. The summed E-state index contributed by atoms with van der Waals surface area (Å²) < 4.78 is 13.2. The minimum atomic E-state index is -0.248. The normalized spacial score (nSPS) is 11.9. The zero-order chi connectivity index (χ0) is 16.8. The fourth-order valence-electron chi connectivity index (χ4n) is 2.72. The first kappa shape index (κ1) is 16.1. The van der Waals surface area contributed by atoms with Gasteiger partial charge in [-0.3, -0.25) is 4.98 Å². The molecule has 1 unspecified atom stereocenters. The highest BCUT2D eigenvalue weighted by Gasteiger charge is 2.14. The van der Waals surface area contributed by atoms with Crippen LogP contribution >= 0.6 is 0 Å². The minimum Gasteiger partial charge on any atom is -0.340 e. The fraction of sp³-hybridized carbons (Fsp3) is 0.150. The zero-order valence-corrected chi connectivity index (χ0v) is 13.3. The van der Waals surface area contributed by atoms with Crippen molar-refractivity contribution in [2.45, 2.75) is 12.5 Å². The minimum absolute atomic E-state index is 0.0504. The quantitative estimate of drug-likeness (QED) is 0.748. The van der Waals surface area contributed by atoms with E-state index in [2.05, 4.69) is 22.0 Å². The summed E-state index contributed by atoms with van der Waals surface area (Å²) in [6.45, 7) is 0.630. The van der Waals surface area contributed by atoms with E-state index in [4.69, 9.17) is 5.73 Å². The molecule has 1 heterocycles. The molecule has 1 atom stereocenters. The number of halogens is 1. The number of benzene rings is 2. The number of hydrogen-bond acceptors (Lipinski definition) is 3. The number of hydrogen-bond donors (Lipinski definition) is 1. The molecule has 0 spiro atoms. The third-order valence-electron chi connectivity index (χ3n) is 3.87. The van der Waals surface area contributed by atoms with Crippen molar-refractivity contribution in [3.05, 3.63) is 90.5 Å². The average Bonchev–Trinajstić information content (AvgIpc) is 2.62. The van der Waals surface area contributed by atoms with Crippen molar-refractivity contribution in [1.29, 1.82) is 0 Å². The van der Waals surface area contributed by atoms with Gasteiger partial charge in [-0.1, -0.05) is 30.3 Å². The Kier molecular flexibility index (Phi) is 5.18. The molecule has 24 heavy (non-hydrogen) atoms. The summed E-state index contributed by atoms with van der Waals surface area (Å²) in [5.41, 5.74) is 9.48. The van der Waals surface area contributed by atoms with Crippen LogP contribution in [0.3, 0.4) is 0 Å². The maximum atomic E-state index is 13.2. The predicted octanol–water partition coefficient (Wildman–Crippen LogP) is 3.93. The Morgan fingerprint density at radius 2 is 1.50 bits per heavy atom. The highest BCUT2D eigenvalue weighted by atomic mass is 19.1. The largest absolute Gasteiger partial charge is 0.340 e. The average molecular weight is 321 g/mol. The Balaban J connectivity index is 1.81. The third kappa shape index (κ3) is 4.18. The van der Waals surface area contributed by atoms with Gasteiger partial charge in [-0.05, 0) is 48.4 Å². The van der Waals surface area contributed by atoms with E-state index in [0.29, 0.717) is 6.54 Å².